The Balaban J connectivity index is 1.44. The highest BCUT2D eigenvalue weighted by molar-refractivity contribution is 8.00. The summed E-state index contributed by atoms with van der Waals surface area (Å²) in [7, 11) is 0. The highest BCUT2D eigenvalue weighted by Crippen LogP contribution is 2.40. The lowest BCUT2D eigenvalue weighted by molar-refractivity contribution is 0.102. The van der Waals surface area contributed by atoms with Crippen LogP contribution in [0.3, 0.4) is 0 Å². The van der Waals surface area contributed by atoms with E-state index in [2.05, 4.69) is 13.8 Å². The third kappa shape index (κ3) is 3.69. The molecule has 5 nitrogen and oxygen atoms in total. The van der Waals surface area contributed by atoms with Crippen LogP contribution in [0.5, 0.6) is 11.5 Å². The van der Waals surface area contributed by atoms with Gasteiger partial charge in [0.1, 0.15) is 28.9 Å². The maximum Gasteiger partial charge on any atom is 0.173 e. The zero-order valence-corrected chi connectivity index (χ0v) is 18.8. The molecule has 0 saturated heterocycles. The molecule has 30 heavy (non-hydrogen) atoms. The third-order valence-electron chi connectivity index (χ3n) is 5.52. The molecule has 0 fully saturated rings. The summed E-state index contributed by atoms with van der Waals surface area (Å²) in [5.74, 6) is 2.87. The van der Waals surface area contributed by atoms with E-state index in [4.69, 9.17) is 19.4 Å². The molecule has 156 valence electrons. The fourth-order valence-corrected chi connectivity index (χ4v) is 6.23. The van der Waals surface area contributed by atoms with Crippen LogP contribution in [0.1, 0.15) is 59.2 Å². The van der Waals surface area contributed by atoms with Crippen molar-refractivity contribution >= 4 is 39.1 Å². The number of rotatable bonds is 5. The molecule has 0 saturated carbocycles. The van der Waals surface area contributed by atoms with E-state index in [-0.39, 0.29) is 11.7 Å². The maximum atomic E-state index is 12.9. The summed E-state index contributed by atoms with van der Waals surface area (Å²) in [6.45, 7) is 5.29. The highest BCUT2D eigenvalue weighted by Gasteiger charge is 2.23. The first-order valence-corrected chi connectivity index (χ1v) is 12.3. The van der Waals surface area contributed by atoms with Gasteiger partial charge >= 0.3 is 0 Å². The van der Waals surface area contributed by atoms with Crippen molar-refractivity contribution in [1.82, 2.24) is 9.97 Å². The number of ketones is 1. The van der Waals surface area contributed by atoms with Crippen LogP contribution in [-0.4, -0.2) is 34.7 Å². The van der Waals surface area contributed by atoms with Crippen molar-refractivity contribution in [2.45, 2.75) is 50.5 Å². The molecule has 2 aromatic heterocycles. The summed E-state index contributed by atoms with van der Waals surface area (Å²) in [4.78, 5) is 25.2. The number of benzene rings is 1. The summed E-state index contributed by atoms with van der Waals surface area (Å²) in [6, 6.07) is 5.43. The molecular formula is C23H24N2O3S2. The Morgan fingerprint density at radius 2 is 1.93 bits per heavy atom. The second-order valence-electron chi connectivity index (χ2n) is 8.00. The Morgan fingerprint density at radius 3 is 2.77 bits per heavy atom. The second-order valence-corrected chi connectivity index (χ2v) is 10.1. The van der Waals surface area contributed by atoms with Crippen molar-refractivity contribution in [3.05, 3.63) is 40.0 Å². The van der Waals surface area contributed by atoms with Gasteiger partial charge in [-0.2, -0.15) is 0 Å². The van der Waals surface area contributed by atoms with Gasteiger partial charge in [-0.05, 0) is 49.4 Å². The van der Waals surface area contributed by atoms with Crippen LogP contribution in [0.25, 0.3) is 10.2 Å². The van der Waals surface area contributed by atoms with E-state index >= 15 is 0 Å². The zero-order valence-electron chi connectivity index (χ0n) is 17.2. The molecule has 0 amide bonds. The van der Waals surface area contributed by atoms with Crippen LogP contribution in [0.2, 0.25) is 0 Å². The molecule has 0 N–H and O–H groups in total. The number of thiophene rings is 1. The molecule has 0 radical (unpaired) electrons. The Hall–Kier alpha value is -2.12. The van der Waals surface area contributed by atoms with Gasteiger partial charge in [-0.1, -0.05) is 25.6 Å². The fraction of sp³-hybridized carbons (Fsp3) is 0.435. The largest absolute Gasteiger partial charge is 0.486 e. The molecule has 3 heterocycles. The van der Waals surface area contributed by atoms with Crippen molar-refractivity contribution in [3.63, 3.8) is 0 Å². The zero-order chi connectivity index (χ0) is 20.7. The first kappa shape index (κ1) is 19.8. The van der Waals surface area contributed by atoms with Gasteiger partial charge in [0.05, 0.1) is 5.75 Å². The second kappa shape index (κ2) is 8.19. The molecule has 7 heteroatoms. The molecule has 3 aromatic rings. The van der Waals surface area contributed by atoms with Crippen molar-refractivity contribution < 1.29 is 14.3 Å². The minimum atomic E-state index is 0.0685. The molecular weight excluding hydrogens is 416 g/mol. The number of aryl methyl sites for hydroxylation is 2. The highest BCUT2D eigenvalue weighted by atomic mass is 32.2. The van der Waals surface area contributed by atoms with Gasteiger partial charge < -0.3 is 9.47 Å². The summed E-state index contributed by atoms with van der Waals surface area (Å²) in [6.07, 6.45) is 4.68. The molecule has 5 rings (SSSR count). The summed E-state index contributed by atoms with van der Waals surface area (Å²) in [5, 5.41) is 2.13. The van der Waals surface area contributed by atoms with Gasteiger partial charge in [-0.15, -0.1) is 11.3 Å². The minimum absolute atomic E-state index is 0.0685. The van der Waals surface area contributed by atoms with Gasteiger partial charge in [0.2, 0.25) is 0 Å². The quantitative estimate of drug-likeness (QED) is 0.299. The normalized spacial score (nSPS) is 15.4. The van der Waals surface area contributed by atoms with E-state index in [1.54, 1.807) is 6.07 Å². The molecule has 1 aliphatic heterocycles. The van der Waals surface area contributed by atoms with Crippen LogP contribution < -0.4 is 9.47 Å². The van der Waals surface area contributed by atoms with Gasteiger partial charge in [-0.3, -0.25) is 4.79 Å². The molecule has 0 atom stereocenters. The van der Waals surface area contributed by atoms with Crippen molar-refractivity contribution in [2.24, 2.45) is 0 Å². The predicted molar refractivity (Wildman–Crippen MR) is 121 cm³/mol. The summed E-state index contributed by atoms with van der Waals surface area (Å²) in [5.41, 5.74) is 2.05. The van der Waals surface area contributed by atoms with E-state index in [1.165, 1.54) is 40.4 Å². The molecule has 0 unspecified atom stereocenters. The lowest BCUT2D eigenvalue weighted by Crippen LogP contribution is -2.16. The summed E-state index contributed by atoms with van der Waals surface area (Å²) >= 11 is 3.34. The topological polar surface area (TPSA) is 61.3 Å². The van der Waals surface area contributed by atoms with Crippen LogP contribution in [0, 0.1) is 0 Å². The Morgan fingerprint density at radius 1 is 1.13 bits per heavy atom. The number of carbonyl (C=O) groups excluding carboxylic acids is 1. The number of hydrogen-bond donors (Lipinski definition) is 0. The van der Waals surface area contributed by atoms with E-state index in [0.717, 1.165) is 28.5 Å². The van der Waals surface area contributed by atoms with Crippen LogP contribution >= 0.6 is 23.1 Å². The van der Waals surface area contributed by atoms with Gasteiger partial charge in [-0.25, -0.2) is 9.97 Å². The molecule has 1 aliphatic carbocycles. The van der Waals surface area contributed by atoms with Gasteiger partial charge in [0, 0.05) is 21.7 Å². The Bertz CT molecular complexity index is 1120. The maximum absolute atomic E-state index is 12.9. The monoisotopic (exact) mass is 440 g/mol. The van der Waals surface area contributed by atoms with E-state index < -0.39 is 0 Å². The van der Waals surface area contributed by atoms with Crippen LogP contribution in [0.15, 0.2) is 23.2 Å². The third-order valence-corrected chi connectivity index (χ3v) is 7.68. The number of nitrogens with zero attached hydrogens (tertiary/aromatic N) is 2. The lowest BCUT2D eigenvalue weighted by atomic mass is 9.97. The Labute approximate surface area is 184 Å². The first-order chi connectivity index (χ1) is 14.6. The standard InChI is InChI=1S/C23H24N2O3S2/c1-13(2)21-24-22(20-15-5-3-4-6-19(15)30-23(20)25-21)29-12-16(26)14-7-8-17-18(11-14)28-10-9-27-17/h7-8,11,13H,3-6,9-10,12H2,1-2H3. The SMILES string of the molecule is CC(C)c1nc(SCC(=O)c2ccc3c(c2)OCCO3)c2c3c(sc2n1)CCCC3. The predicted octanol–water partition coefficient (Wildman–Crippen LogP) is 5.44. The van der Waals surface area contributed by atoms with Gasteiger partial charge in [0.15, 0.2) is 17.3 Å². The molecule has 1 aromatic carbocycles. The number of Topliss-reactive ketones (excluding diaryl/α,β-unsaturated/α-hetero) is 1. The number of thioether (sulfide) groups is 1. The van der Waals surface area contributed by atoms with Crippen molar-refractivity contribution in [1.29, 1.82) is 0 Å². The smallest absolute Gasteiger partial charge is 0.173 e. The fourth-order valence-electron chi connectivity index (χ4n) is 3.94. The number of ether oxygens (including phenoxy) is 2. The van der Waals surface area contributed by atoms with E-state index in [0.29, 0.717) is 36.0 Å². The van der Waals surface area contributed by atoms with Gasteiger partial charge in [0.25, 0.3) is 0 Å². The van der Waals surface area contributed by atoms with Crippen molar-refractivity contribution in [3.8, 4) is 11.5 Å². The summed E-state index contributed by atoms with van der Waals surface area (Å²) < 4.78 is 11.2. The average molecular weight is 441 g/mol. The van der Waals surface area contributed by atoms with Crippen molar-refractivity contribution in [2.75, 3.05) is 19.0 Å². The first-order valence-electron chi connectivity index (χ1n) is 10.5. The lowest BCUT2D eigenvalue weighted by Gasteiger charge is -2.18. The van der Waals surface area contributed by atoms with Crippen LogP contribution in [-0.2, 0) is 12.8 Å². The molecule has 0 spiro atoms. The number of aromatic nitrogens is 2. The number of fused-ring (bicyclic) bond motifs is 4. The Kier molecular flexibility index (Phi) is 5.41. The number of hydrogen-bond acceptors (Lipinski definition) is 7. The molecule has 0 bridgehead atoms. The van der Waals surface area contributed by atoms with E-state index in [9.17, 15) is 4.79 Å². The minimum Gasteiger partial charge on any atom is -0.486 e. The average Bonchev–Trinajstić information content (AvgIpc) is 3.15. The molecule has 2 aliphatic rings. The van der Waals surface area contributed by atoms with Crippen LogP contribution in [0.4, 0.5) is 0 Å². The number of carbonyl (C=O) groups is 1. The van der Waals surface area contributed by atoms with E-state index in [1.807, 2.05) is 23.5 Å².